The van der Waals surface area contributed by atoms with Crippen molar-refractivity contribution in [3.63, 3.8) is 0 Å². The molecule has 92 valence electrons. The summed E-state index contributed by atoms with van der Waals surface area (Å²) in [5.41, 5.74) is 3.34. The Morgan fingerprint density at radius 1 is 1.33 bits per heavy atom. The Balaban J connectivity index is 2.45. The van der Waals surface area contributed by atoms with Gasteiger partial charge in [-0.1, -0.05) is 28.1 Å². The highest BCUT2D eigenvalue weighted by Gasteiger charge is 2.12. The second-order valence-corrected chi connectivity index (χ2v) is 4.27. The number of methoxy groups -OCH3 is 1. The molecule has 0 saturated heterocycles. The van der Waals surface area contributed by atoms with Crippen molar-refractivity contribution >= 4 is 21.9 Å². The number of esters is 1. The molecule has 3 nitrogen and oxygen atoms in total. The van der Waals surface area contributed by atoms with Gasteiger partial charge in [0.2, 0.25) is 0 Å². The molecule has 0 N–H and O–H groups in total. The third-order valence-corrected chi connectivity index (χ3v) is 3.22. The summed E-state index contributed by atoms with van der Waals surface area (Å²) in [6.07, 6.45) is 1.75. The number of hydrogen-bond donors (Lipinski definition) is 0. The summed E-state index contributed by atoms with van der Waals surface area (Å²) in [6.45, 7) is 0. The number of carbonyl (C=O) groups is 1. The maximum atomic E-state index is 11.6. The van der Waals surface area contributed by atoms with Gasteiger partial charge in [-0.05, 0) is 29.8 Å². The lowest BCUT2D eigenvalue weighted by Crippen LogP contribution is -2.04. The Morgan fingerprint density at radius 2 is 2.17 bits per heavy atom. The SMILES string of the molecule is COC(=O)c1ccc(-c2ccccn2)cc1CBr. The molecule has 0 radical (unpaired) electrons. The van der Waals surface area contributed by atoms with Crippen LogP contribution in [0.4, 0.5) is 0 Å². The van der Waals surface area contributed by atoms with Gasteiger partial charge in [-0.25, -0.2) is 4.79 Å². The van der Waals surface area contributed by atoms with Gasteiger partial charge in [0.1, 0.15) is 0 Å². The number of nitrogens with zero attached hydrogens (tertiary/aromatic N) is 1. The van der Waals surface area contributed by atoms with Gasteiger partial charge in [0.05, 0.1) is 18.4 Å². The molecule has 0 aliphatic rings. The maximum Gasteiger partial charge on any atom is 0.338 e. The molecule has 0 aliphatic heterocycles. The van der Waals surface area contributed by atoms with E-state index in [0.29, 0.717) is 10.9 Å². The van der Waals surface area contributed by atoms with Crippen LogP contribution in [0.5, 0.6) is 0 Å². The van der Waals surface area contributed by atoms with Crippen molar-refractivity contribution < 1.29 is 9.53 Å². The van der Waals surface area contributed by atoms with Gasteiger partial charge in [0, 0.05) is 17.1 Å². The topological polar surface area (TPSA) is 39.2 Å². The van der Waals surface area contributed by atoms with Crippen LogP contribution in [0, 0.1) is 0 Å². The fourth-order valence-corrected chi connectivity index (χ4v) is 2.17. The molecular formula is C14H12BrNO2. The molecule has 0 saturated carbocycles. The number of rotatable bonds is 3. The van der Waals surface area contributed by atoms with Crippen LogP contribution in [-0.4, -0.2) is 18.1 Å². The van der Waals surface area contributed by atoms with Gasteiger partial charge in [-0.3, -0.25) is 4.98 Å². The van der Waals surface area contributed by atoms with Gasteiger partial charge in [0.25, 0.3) is 0 Å². The summed E-state index contributed by atoms with van der Waals surface area (Å²) in [5, 5.41) is 0.595. The molecule has 2 rings (SSSR count). The lowest BCUT2D eigenvalue weighted by atomic mass is 10.0. The van der Waals surface area contributed by atoms with E-state index in [1.165, 1.54) is 7.11 Å². The summed E-state index contributed by atoms with van der Waals surface area (Å²) in [4.78, 5) is 15.9. The first-order chi connectivity index (χ1) is 8.76. The van der Waals surface area contributed by atoms with E-state index < -0.39 is 0 Å². The van der Waals surface area contributed by atoms with Gasteiger partial charge >= 0.3 is 5.97 Å². The Hall–Kier alpha value is -1.68. The number of ether oxygens (including phenoxy) is 1. The van der Waals surface area contributed by atoms with Crippen molar-refractivity contribution in [3.8, 4) is 11.3 Å². The third kappa shape index (κ3) is 2.59. The first-order valence-corrected chi connectivity index (χ1v) is 6.57. The largest absolute Gasteiger partial charge is 0.465 e. The molecule has 1 heterocycles. The molecule has 0 spiro atoms. The molecule has 0 unspecified atom stereocenters. The highest BCUT2D eigenvalue weighted by molar-refractivity contribution is 9.08. The van der Waals surface area contributed by atoms with Crippen molar-refractivity contribution in [2.45, 2.75) is 5.33 Å². The highest BCUT2D eigenvalue weighted by Crippen LogP contribution is 2.22. The number of alkyl halides is 1. The van der Waals surface area contributed by atoms with Gasteiger partial charge < -0.3 is 4.74 Å². The van der Waals surface area contributed by atoms with E-state index in [2.05, 4.69) is 20.9 Å². The molecule has 0 atom stereocenters. The lowest BCUT2D eigenvalue weighted by molar-refractivity contribution is 0.0600. The number of aromatic nitrogens is 1. The Labute approximate surface area is 114 Å². The molecule has 0 fully saturated rings. The molecule has 18 heavy (non-hydrogen) atoms. The van der Waals surface area contributed by atoms with Crippen LogP contribution in [0.1, 0.15) is 15.9 Å². The van der Waals surface area contributed by atoms with Crippen LogP contribution in [0.25, 0.3) is 11.3 Å². The van der Waals surface area contributed by atoms with Crippen molar-refractivity contribution in [3.05, 3.63) is 53.7 Å². The van der Waals surface area contributed by atoms with Crippen LogP contribution in [0.15, 0.2) is 42.6 Å². The third-order valence-electron chi connectivity index (χ3n) is 2.62. The predicted molar refractivity (Wildman–Crippen MR) is 73.6 cm³/mol. The number of halogens is 1. The fraction of sp³-hybridized carbons (Fsp3) is 0.143. The Kier molecular flexibility index (Phi) is 4.10. The van der Waals surface area contributed by atoms with E-state index in [-0.39, 0.29) is 5.97 Å². The molecule has 0 aliphatic carbocycles. The summed E-state index contributed by atoms with van der Waals surface area (Å²) < 4.78 is 4.75. The van der Waals surface area contributed by atoms with Crippen LogP contribution >= 0.6 is 15.9 Å². The molecule has 2 aromatic rings. The number of pyridine rings is 1. The molecule has 4 heteroatoms. The van der Waals surface area contributed by atoms with Gasteiger partial charge in [-0.15, -0.1) is 0 Å². The summed E-state index contributed by atoms with van der Waals surface area (Å²) >= 11 is 3.38. The molecule has 1 aromatic heterocycles. The minimum absolute atomic E-state index is 0.322. The first kappa shape index (κ1) is 12.8. The minimum atomic E-state index is -0.322. The van der Waals surface area contributed by atoms with E-state index in [4.69, 9.17) is 4.74 Å². The Morgan fingerprint density at radius 3 is 2.78 bits per heavy atom. The molecule has 1 aromatic carbocycles. The maximum absolute atomic E-state index is 11.6. The van der Waals surface area contributed by atoms with Crippen LogP contribution in [0.2, 0.25) is 0 Å². The number of benzene rings is 1. The summed E-state index contributed by atoms with van der Waals surface area (Å²) in [6, 6.07) is 11.3. The molecular weight excluding hydrogens is 294 g/mol. The van der Waals surface area contributed by atoms with E-state index in [0.717, 1.165) is 16.8 Å². The second-order valence-electron chi connectivity index (χ2n) is 3.71. The van der Waals surface area contributed by atoms with E-state index in [1.54, 1.807) is 12.3 Å². The van der Waals surface area contributed by atoms with Gasteiger partial charge in [-0.2, -0.15) is 0 Å². The molecule has 0 amide bonds. The quantitative estimate of drug-likeness (QED) is 0.644. The van der Waals surface area contributed by atoms with Crippen molar-refractivity contribution in [2.75, 3.05) is 7.11 Å². The highest BCUT2D eigenvalue weighted by atomic mass is 79.9. The first-order valence-electron chi connectivity index (χ1n) is 5.45. The average Bonchev–Trinajstić information content (AvgIpc) is 2.46. The lowest BCUT2D eigenvalue weighted by Gasteiger charge is -2.08. The molecule has 0 bridgehead atoms. The van der Waals surface area contributed by atoms with Crippen molar-refractivity contribution in [2.24, 2.45) is 0 Å². The smallest absolute Gasteiger partial charge is 0.338 e. The second kappa shape index (κ2) is 5.78. The van der Waals surface area contributed by atoms with E-state index >= 15 is 0 Å². The van der Waals surface area contributed by atoms with E-state index in [1.807, 2.05) is 30.3 Å². The van der Waals surface area contributed by atoms with E-state index in [9.17, 15) is 4.79 Å². The van der Waals surface area contributed by atoms with Crippen molar-refractivity contribution in [1.29, 1.82) is 0 Å². The summed E-state index contributed by atoms with van der Waals surface area (Å²) in [5.74, 6) is -0.322. The van der Waals surface area contributed by atoms with Crippen LogP contribution in [0.3, 0.4) is 0 Å². The standard InChI is InChI=1S/C14H12BrNO2/c1-18-14(17)12-6-5-10(8-11(12)9-15)13-4-2-3-7-16-13/h2-8H,9H2,1H3. The van der Waals surface area contributed by atoms with Crippen LogP contribution in [-0.2, 0) is 10.1 Å². The average molecular weight is 306 g/mol. The number of hydrogen-bond acceptors (Lipinski definition) is 3. The monoisotopic (exact) mass is 305 g/mol. The van der Waals surface area contributed by atoms with Gasteiger partial charge in [0.15, 0.2) is 0 Å². The van der Waals surface area contributed by atoms with Crippen LogP contribution < -0.4 is 0 Å². The zero-order chi connectivity index (χ0) is 13.0. The Bertz CT molecular complexity index is 555. The fourth-order valence-electron chi connectivity index (χ4n) is 1.71. The van der Waals surface area contributed by atoms with Crippen molar-refractivity contribution in [1.82, 2.24) is 4.98 Å². The minimum Gasteiger partial charge on any atom is -0.465 e. The summed E-state index contributed by atoms with van der Waals surface area (Å²) in [7, 11) is 1.38. The predicted octanol–water partition coefficient (Wildman–Crippen LogP) is 3.43. The zero-order valence-electron chi connectivity index (χ0n) is 9.89. The number of carbonyl (C=O) groups excluding carboxylic acids is 1. The zero-order valence-corrected chi connectivity index (χ0v) is 11.5. The normalized spacial score (nSPS) is 10.1.